The Labute approximate surface area is 175 Å². The van der Waals surface area contributed by atoms with Crippen LogP contribution in [0.3, 0.4) is 0 Å². The zero-order valence-corrected chi connectivity index (χ0v) is 18.0. The molecular formula is C21H24ClFN2O3S. The summed E-state index contributed by atoms with van der Waals surface area (Å²) in [6, 6.07) is 9.91. The Balaban J connectivity index is 1.63. The Hall–Kier alpha value is -1.96. The molecule has 0 aromatic heterocycles. The van der Waals surface area contributed by atoms with Crippen molar-refractivity contribution < 1.29 is 17.6 Å². The fourth-order valence-electron chi connectivity index (χ4n) is 3.58. The number of aryl methyl sites for hydroxylation is 2. The van der Waals surface area contributed by atoms with Crippen molar-refractivity contribution in [1.82, 2.24) is 4.31 Å². The molecule has 0 unspecified atom stereocenters. The molecule has 1 heterocycles. The minimum atomic E-state index is -3.73. The van der Waals surface area contributed by atoms with Crippen molar-refractivity contribution in [3.63, 3.8) is 0 Å². The van der Waals surface area contributed by atoms with Crippen LogP contribution in [0, 0.1) is 25.6 Å². The molecule has 2 aromatic rings. The van der Waals surface area contributed by atoms with E-state index in [0.29, 0.717) is 12.8 Å². The number of anilines is 1. The molecule has 0 saturated carbocycles. The summed E-state index contributed by atoms with van der Waals surface area (Å²) in [5.74, 6) is -1.49. The van der Waals surface area contributed by atoms with Crippen molar-refractivity contribution in [3.05, 3.63) is 63.9 Å². The van der Waals surface area contributed by atoms with Crippen LogP contribution in [0.15, 0.2) is 36.4 Å². The topological polar surface area (TPSA) is 66.5 Å². The lowest BCUT2D eigenvalue weighted by Crippen LogP contribution is -2.42. The second-order valence-corrected chi connectivity index (χ2v) is 9.76. The van der Waals surface area contributed by atoms with E-state index in [-0.39, 0.29) is 35.5 Å². The first kappa shape index (κ1) is 21.7. The van der Waals surface area contributed by atoms with Crippen LogP contribution in [0.25, 0.3) is 0 Å². The van der Waals surface area contributed by atoms with Gasteiger partial charge in [-0.15, -0.1) is 0 Å². The second-order valence-electron chi connectivity index (χ2n) is 7.39. The number of para-hydroxylation sites is 1. The molecule has 2 aromatic carbocycles. The first-order chi connectivity index (χ1) is 13.7. The van der Waals surface area contributed by atoms with Gasteiger partial charge >= 0.3 is 0 Å². The molecule has 1 saturated heterocycles. The van der Waals surface area contributed by atoms with Crippen LogP contribution in [-0.2, 0) is 20.6 Å². The average molecular weight is 439 g/mol. The van der Waals surface area contributed by atoms with Crippen molar-refractivity contribution in [2.24, 2.45) is 5.92 Å². The molecule has 29 heavy (non-hydrogen) atoms. The number of nitrogens with one attached hydrogen (secondary N) is 1. The van der Waals surface area contributed by atoms with Gasteiger partial charge in [0.1, 0.15) is 5.82 Å². The van der Waals surface area contributed by atoms with Crippen LogP contribution >= 0.6 is 11.6 Å². The number of sulfonamides is 1. The number of hydrogen-bond acceptors (Lipinski definition) is 3. The third-order valence-corrected chi connectivity index (χ3v) is 7.50. The monoisotopic (exact) mass is 438 g/mol. The van der Waals surface area contributed by atoms with Gasteiger partial charge in [-0.3, -0.25) is 4.79 Å². The maximum atomic E-state index is 14.0. The van der Waals surface area contributed by atoms with Gasteiger partial charge < -0.3 is 5.32 Å². The normalized spacial score (nSPS) is 16.0. The van der Waals surface area contributed by atoms with Crippen LogP contribution in [-0.4, -0.2) is 31.7 Å². The quantitative estimate of drug-likeness (QED) is 0.757. The molecule has 5 nitrogen and oxygen atoms in total. The van der Waals surface area contributed by atoms with E-state index >= 15 is 0 Å². The lowest BCUT2D eigenvalue weighted by molar-refractivity contribution is -0.120. The summed E-state index contributed by atoms with van der Waals surface area (Å²) in [6.45, 7) is 4.32. The minimum absolute atomic E-state index is 0.0240. The Morgan fingerprint density at radius 2 is 1.72 bits per heavy atom. The number of carbonyl (C=O) groups excluding carboxylic acids is 1. The van der Waals surface area contributed by atoms with E-state index in [1.807, 2.05) is 32.0 Å². The number of piperidine rings is 1. The Morgan fingerprint density at radius 1 is 1.14 bits per heavy atom. The molecule has 1 aliphatic heterocycles. The molecule has 1 N–H and O–H groups in total. The van der Waals surface area contributed by atoms with Gasteiger partial charge in [0.05, 0.1) is 5.75 Å². The lowest BCUT2D eigenvalue weighted by Gasteiger charge is -2.31. The van der Waals surface area contributed by atoms with Gasteiger partial charge in [-0.05, 0) is 49.9 Å². The fraction of sp³-hybridized carbons (Fsp3) is 0.381. The Morgan fingerprint density at radius 3 is 2.31 bits per heavy atom. The molecule has 1 fully saturated rings. The lowest BCUT2D eigenvalue weighted by atomic mass is 9.96. The van der Waals surface area contributed by atoms with Gasteiger partial charge in [0.2, 0.25) is 15.9 Å². The molecule has 0 bridgehead atoms. The number of rotatable bonds is 5. The van der Waals surface area contributed by atoms with E-state index in [4.69, 9.17) is 11.6 Å². The number of carbonyl (C=O) groups is 1. The van der Waals surface area contributed by atoms with Gasteiger partial charge in [0.25, 0.3) is 0 Å². The molecule has 1 amide bonds. The second kappa shape index (κ2) is 8.81. The average Bonchev–Trinajstić information content (AvgIpc) is 2.68. The van der Waals surface area contributed by atoms with E-state index in [1.54, 1.807) is 0 Å². The smallest absolute Gasteiger partial charge is 0.227 e. The van der Waals surface area contributed by atoms with Crippen LogP contribution in [0.5, 0.6) is 0 Å². The summed E-state index contributed by atoms with van der Waals surface area (Å²) in [5.41, 5.74) is 2.76. The first-order valence-electron chi connectivity index (χ1n) is 9.47. The Kier molecular flexibility index (Phi) is 6.61. The third-order valence-electron chi connectivity index (χ3n) is 5.34. The van der Waals surface area contributed by atoms with Gasteiger partial charge in [-0.1, -0.05) is 35.9 Å². The maximum absolute atomic E-state index is 14.0. The molecular weight excluding hydrogens is 415 g/mol. The van der Waals surface area contributed by atoms with Gasteiger partial charge in [-0.25, -0.2) is 17.1 Å². The van der Waals surface area contributed by atoms with E-state index in [2.05, 4.69) is 5.32 Å². The van der Waals surface area contributed by atoms with Crippen molar-refractivity contribution in [1.29, 1.82) is 0 Å². The number of amides is 1. The zero-order valence-electron chi connectivity index (χ0n) is 16.4. The Bertz CT molecular complexity index is 978. The number of nitrogens with zero attached hydrogens (tertiary/aromatic N) is 1. The summed E-state index contributed by atoms with van der Waals surface area (Å²) in [4.78, 5) is 12.7. The SMILES string of the molecule is Cc1cccc(C)c1NC(=O)C1CCN(S(=O)(=O)Cc2c(F)cccc2Cl)CC1. The first-order valence-corrected chi connectivity index (χ1v) is 11.5. The highest BCUT2D eigenvalue weighted by Gasteiger charge is 2.32. The predicted octanol–water partition coefficient (Wildman–Crippen LogP) is 4.28. The van der Waals surface area contributed by atoms with E-state index in [9.17, 15) is 17.6 Å². The van der Waals surface area contributed by atoms with Gasteiger partial charge in [-0.2, -0.15) is 0 Å². The molecule has 3 rings (SSSR count). The summed E-state index contributed by atoms with van der Waals surface area (Å²) >= 11 is 5.97. The maximum Gasteiger partial charge on any atom is 0.227 e. The summed E-state index contributed by atoms with van der Waals surface area (Å²) < 4.78 is 40.7. The van der Waals surface area contributed by atoms with E-state index in [0.717, 1.165) is 16.8 Å². The molecule has 0 aliphatic carbocycles. The molecule has 0 radical (unpaired) electrons. The number of hydrogen-bond donors (Lipinski definition) is 1. The summed E-state index contributed by atoms with van der Waals surface area (Å²) in [5, 5.41) is 3.08. The molecule has 0 atom stereocenters. The van der Waals surface area contributed by atoms with Crippen LogP contribution in [0.4, 0.5) is 10.1 Å². The molecule has 8 heteroatoms. The summed E-state index contributed by atoms with van der Waals surface area (Å²) in [7, 11) is -3.73. The third kappa shape index (κ3) is 4.97. The largest absolute Gasteiger partial charge is 0.325 e. The standard InChI is InChI=1S/C21H24ClFN2O3S/c1-14-5-3-6-15(2)20(14)24-21(26)16-9-11-25(12-10-16)29(27,28)13-17-18(22)7-4-8-19(17)23/h3-8,16H,9-13H2,1-2H3,(H,24,26). The van der Waals surface area contributed by atoms with Gasteiger partial charge in [0, 0.05) is 35.3 Å². The summed E-state index contributed by atoms with van der Waals surface area (Å²) in [6.07, 6.45) is 0.835. The number of benzene rings is 2. The fourth-order valence-corrected chi connectivity index (χ4v) is 5.49. The van der Waals surface area contributed by atoms with Crippen LogP contribution in [0.2, 0.25) is 5.02 Å². The molecule has 1 aliphatic rings. The van der Waals surface area contributed by atoms with E-state index < -0.39 is 21.6 Å². The predicted molar refractivity (Wildman–Crippen MR) is 113 cm³/mol. The molecule has 0 spiro atoms. The van der Waals surface area contributed by atoms with Gasteiger partial charge in [0.15, 0.2) is 0 Å². The highest BCUT2D eigenvalue weighted by atomic mass is 35.5. The zero-order chi connectivity index (χ0) is 21.2. The van der Waals surface area contributed by atoms with Crippen molar-refractivity contribution in [2.45, 2.75) is 32.4 Å². The highest BCUT2D eigenvalue weighted by Crippen LogP contribution is 2.27. The highest BCUT2D eigenvalue weighted by molar-refractivity contribution is 7.88. The van der Waals surface area contributed by atoms with Crippen LogP contribution in [0.1, 0.15) is 29.5 Å². The molecule has 156 valence electrons. The van der Waals surface area contributed by atoms with Crippen molar-refractivity contribution >= 4 is 33.2 Å². The minimum Gasteiger partial charge on any atom is -0.325 e. The van der Waals surface area contributed by atoms with Crippen molar-refractivity contribution in [3.8, 4) is 0 Å². The van der Waals surface area contributed by atoms with Crippen LogP contribution < -0.4 is 5.32 Å². The van der Waals surface area contributed by atoms with Crippen molar-refractivity contribution in [2.75, 3.05) is 18.4 Å². The van der Waals surface area contributed by atoms with E-state index in [1.165, 1.54) is 22.5 Å². The number of halogens is 2.